The minimum atomic E-state index is -1.06. The molecule has 1 aromatic carbocycles. The van der Waals surface area contributed by atoms with Crippen LogP contribution >= 0.6 is 0 Å². The molecule has 1 atom stereocenters. The molecule has 1 aromatic rings. The number of carboxylic acids is 1. The molecule has 0 bridgehead atoms. The van der Waals surface area contributed by atoms with Crippen LogP contribution in [-0.4, -0.2) is 40.9 Å². The minimum Gasteiger partial charge on any atom is -0.480 e. The van der Waals surface area contributed by atoms with Gasteiger partial charge in [0, 0.05) is 24.2 Å². The van der Waals surface area contributed by atoms with Gasteiger partial charge in [0.05, 0.1) is 0 Å². The van der Waals surface area contributed by atoms with E-state index >= 15 is 0 Å². The molecule has 6 nitrogen and oxygen atoms in total. The maximum atomic E-state index is 12.4. The molecule has 0 aliphatic heterocycles. The van der Waals surface area contributed by atoms with Crippen LogP contribution in [0.25, 0.3) is 0 Å². The number of rotatable bonds is 5. The highest BCUT2D eigenvalue weighted by molar-refractivity contribution is 5.99. The number of anilines is 1. The molecule has 1 aliphatic carbocycles. The topological polar surface area (TPSA) is 86.7 Å². The monoisotopic (exact) mass is 332 g/mol. The summed E-state index contributed by atoms with van der Waals surface area (Å²) in [6, 6.07) is 5.71. The number of aliphatic carboxylic acids is 1. The normalized spacial score (nSPS) is 16.2. The first kappa shape index (κ1) is 18.0. The third-order valence-corrected chi connectivity index (χ3v) is 4.61. The largest absolute Gasteiger partial charge is 0.480 e. The molecule has 130 valence electrons. The van der Waals surface area contributed by atoms with Crippen molar-refractivity contribution in [3.8, 4) is 0 Å². The van der Waals surface area contributed by atoms with Crippen molar-refractivity contribution in [2.75, 3.05) is 12.4 Å². The second kappa shape index (κ2) is 7.95. The molecule has 1 fully saturated rings. The van der Waals surface area contributed by atoms with Gasteiger partial charge < -0.3 is 15.3 Å². The van der Waals surface area contributed by atoms with Gasteiger partial charge in [0.1, 0.15) is 6.04 Å². The van der Waals surface area contributed by atoms with E-state index < -0.39 is 17.9 Å². The molecule has 0 heterocycles. The number of carbonyl (C=O) groups excluding carboxylic acids is 2. The smallest absolute Gasteiger partial charge is 0.326 e. The maximum absolute atomic E-state index is 12.4. The number of hydrogen-bond acceptors (Lipinski definition) is 3. The Labute approximate surface area is 141 Å². The van der Waals surface area contributed by atoms with Crippen molar-refractivity contribution in [2.45, 2.75) is 45.1 Å². The van der Waals surface area contributed by atoms with Gasteiger partial charge in [0.2, 0.25) is 5.91 Å². The molecular weight excluding hydrogens is 308 g/mol. The number of carboxylic acid groups (broad SMARTS) is 1. The van der Waals surface area contributed by atoms with E-state index in [4.69, 9.17) is 5.11 Å². The molecule has 0 spiro atoms. The summed E-state index contributed by atoms with van der Waals surface area (Å²) in [7, 11) is 1.45. The van der Waals surface area contributed by atoms with Gasteiger partial charge in [-0.2, -0.15) is 0 Å². The molecule has 2 rings (SSSR count). The summed E-state index contributed by atoms with van der Waals surface area (Å²) in [5.41, 5.74) is 0.917. The lowest BCUT2D eigenvalue weighted by Gasteiger charge is -2.22. The third-order valence-electron chi connectivity index (χ3n) is 4.61. The van der Waals surface area contributed by atoms with Crippen molar-refractivity contribution < 1.29 is 19.5 Å². The zero-order chi connectivity index (χ0) is 17.7. The molecule has 0 saturated heterocycles. The van der Waals surface area contributed by atoms with Crippen LogP contribution < -0.4 is 5.32 Å². The Bertz CT molecular complexity index is 623. The van der Waals surface area contributed by atoms with Crippen LogP contribution in [0.15, 0.2) is 24.3 Å². The summed E-state index contributed by atoms with van der Waals surface area (Å²) in [5, 5.41) is 11.9. The number of benzene rings is 1. The van der Waals surface area contributed by atoms with Crippen LogP contribution in [-0.2, 0) is 9.59 Å². The second-order valence-electron chi connectivity index (χ2n) is 6.34. The Balaban J connectivity index is 2.06. The fraction of sp³-hybridized carbons (Fsp3) is 0.500. The van der Waals surface area contributed by atoms with Gasteiger partial charge in [-0.1, -0.05) is 25.3 Å². The highest BCUT2D eigenvalue weighted by Gasteiger charge is 2.24. The Kier molecular flexibility index (Phi) is 5.95. The standard InChI is InChI=1S/C18H24N2O4/c1-12(18(23)24)20(2)17(22)14-9-6-10-15(11-14)19-16(21)13-7-4-3-5-8-13/h6,9-13H,3-5,7-8H2,1-2H3,(H,19,21)(H,23,24). The first-order valence-corrected chi connectivity index (χ1v) is 8.31. The summed E-state index contributed by atoms with van der Waals surface area (Å²) in [6.45, 7) is 1.45. The quantitative estimate of drug-likeness (QED) is 0.868. The molecule has 0 radical (unpaired) electrons. The van der Waals surface area contributed by atoms with E-state index in [1.165, 1.54) is 25.3 Å². The molecule has 1 unspecified atom stereocenters. The van der Waals surface area contributed by atoms with Gasteiger partial charge in [-0.3, -0.25) is 9.59 Å². The first-order chi connectivity index (χ1) is 11.4. The molecular formula is C18H24N2O4. The lowest BCUT2D eigenvalue weighted by molar-refractivity contribution is -0.141. The predicted octanol–water partition coefficient (Wildman–Crippen LogP) is 2.75. The van der Waals surface area contributed by atoms with Gasteiger partial charge in [-0.25, -0.2) is 4.79 Å². The van der Waals surface area contributed by atoms with E-state index in [9.17, 15) is 14.4 Å². The summed E-state index contributed by atoms with van der Waals surface area (Å²) in [5.74, 6) is -1.43. The van der Waals surface area contributed by atoms with Crippen LogP contribution in [0.5, 0.6) is 0 Å². The van der Waals surface area contributed by atoms with Crippen molar-refractivity contribution in [3.63, 3.8) is 0 Å². The molecule has 0 aromatic heterocycles. The van der Waals surface area contributed by atoms with E-state index in [1.807, 2.05) is 0 Å². The fourth-order valence-electron chi connectivity index (χ4n) is 2.88. The van der Waals surface area contributed by atoms with Crippen molar-refractivity contribution in [2.24, 2.45) is 5.92 Å². The second-order valence-corrected chi connectivity index (χ2v) is 6.34. The SMILES string of the molecule is CC(C(=O)O)N(C)C(=O)c1cccc(NC(=O)C2CCCCC2)c1. The third kappa shape index (κ3) is 4.34. The zero-order valence-electron chi connectivity index (χ0n) is 14.1. The highest BCUT2D eigenvalue weighted by Crippen LogP contribution is 2.25. The van der Waals surface area contributed by atoms with Gasteiger partial charge in [-0.05, 0) is 38.0 Å². The molecule has 1 aliphatic rings. The van der Waals surface area contributed by atoms with Crippen molar-refractivity contribution >= 4 is 23.5 Å². The van der Waals surface area contributed by atoms with E-state index in [0.717, 1.165) is 25.7 Å². The Morgan fingerprint density at radius 1 is 1.21 bits per heavy atom. The molecule has 24 heavy (non-hydrogen) atoms. The number of hydrogen-bond donors (Lipinski definition) is 2. The van der Waals surface area contributed by atoms with Crippen molar-refractivity contribution in [1.29, 1.82) is 0 Å². The number of amides is 2. The lowest BCUT2D eigenvalue weighted by atomic mass is 9.88. The van der Waals surface area contributed by atoms with Crippen LogP contribution in [0.4, 0.5) is 5.69 Å². The summed E-state index contributed by atoms with van der Waals surface area (Å²) in [4.78, 5) is 36.9. The molecule has 6 heteroatoms. The van der Waals surface area contributed by atoms with Crippen LogP contribution in [0.1, 0.15) is 49.4 Å². The van der Waals surface area contributed by atoms with E-state index in [0.29, 0.717) is 11.3 Å². The Hall–Kier alpha value is -2.37. The predicted molar refractivity (Wildman–Crippen MR) is 90.8 cm³/mol. The molecule has 2 amide bonds. The number of nitrogens with one attached hydrogen (secondary N) is 1. The maximum Gasteiger partial charge on any atom is 0.326 e. The highest BCUT2D eigenvalue weighted by atomic mass is 16.4. The van der Waals surface area contributed by atoms with Crippen LogP contribution in [0.2, 0.25) is 0 Å². The van der Waals surface area contributed by atoms with Crippen LogP contribution in [0.3, 0.4) is 0 Å². The van der Waals surface area contributed by atoms with Crippen molar-refractivity contribution in [1.82, 2.24) is 4.90 Å². The van der Waals surface area contributed by atoms with E-state index in [1.54, 1.807) is 24.3 Å². The van der Waals surface area contributed by atoms with Gasteiger partial charge in [0.25, 0.3) is 5.91 Å². The number of nitrogens with zero attached hydrogens (tertiary/aromatic N) is 1. The summed E-state index contributed by atoms with van der Waals surface area (Å²) in [6.07, 6.45) is 5.15. The average molecular weight is 332 g/mol. The zero-order valence-corrected chi connectivity index (χ0v) is 14.1. The first-order valence-electron chi connectivity index (χ1n) is 8.31. The average Bonchev–Trinajstić information content (AvgIpc) is 2.60. The molecule has 2 N–H and O–H groups in total. The Morgan fingerprint density at radius 2 is 1.88 bits per heavy atom. The Morgan fingerprint density at radius 3 is 2.50 bits per heavy atom. The number of carbonyl (C=O) groups is 3. The minimum absolute atomic E-state index is 0.00782. The van der Waals surface area contributed by atoms with Crippen LogP contribution in [0, 0.1) is 5.92 Å². The summed E-state index contributed by atoms with van der Waals surface area (Å²) >= 11 is 0. The van der Waals surface area contributed by atoms with E-state index in [-0.39, 0.29) is 11.8 Å². The van der Waals surface area contributed by atoms with Gasteiger partial charge >= 0.3 is 5.97 Å². The fourth-order valence-corrected chi connectivity index (χ4v) is 2.88. The van der Waals surface area contributed by atoms with Gasteiger partial charge in [0.15, 0.2) is 0 Å². The molecule has 1 saturated carbocycles. The van der Waals surface area contributed by atoms with Gasteiger partial charge in [-0.15, -0.1) is 0 Å². The van der Waals surface area contributed by atoms with E-state index in [2.05, 4.69) is 5.32 Å². The lowest BCUT2D eigenvalue weighted by Crippen LogP contribution is -2.40. The summed E-state index contributed by atoms with van der Waals surface area (Å²) < 4.78 is 0. The number of likely N-dealkylation sites (N-methyl/N-ethyl adjacent to an activating group) is 1. The van der Waals surface area contributed by atoms with Crippen molar-refractivity contribution in [3.05, 3.63) is 29.8 Å².